The van der Waals surface area contributed by atoms with Crippen molar-refractivity contribution in [3.05, 3.63) is 23.2 Å². The largest absolute Gasteiger partial charge is 0.465 e. The molecule has 0 unspecified atom stereocenters. The fraction of sp³-hybridized carbons (Fsp3) is 0.455. The third-order valence-electron chi connectivity index (χ3n) is 2.26. The SMILES string of the molecule is Br.CN=C(NC)NCc1cc(C(=O)OC)c(C)o1. The second-order valence-corrected chi connectivity index (χ2v) is 3.35. The van der Waals surface area contributed by atoms with Crippen LogP contribution in [-0.2, 0) is 11.3 Å². The first kappa shape index (κ1) is 16.5. The number of nitrogens with zero attached hydrogens (tertiary/aromatic N) is 1. The van der Waals surface area contributed by atoms with Gasteiger partial charge in [0, 0.05) is 14.1 Å². The van der Waals surface area contributed by atoms with Crippen LogP contribution in [0.5, 0.6) is 0 Å². The molecule has 0 aliphatic heterocycles. The van der Waals surface area contributed by atoms with Gasteiger partial charge >= 0.3 is 5.97 Å². The van der Waals surface area contributed by atoms with Crippen molar-refractivity contribution in [3.63, 3.8) is 0 Å². The molecule has 0 atom stereocenters. The molecule has 0 amide bonds. The van der Waals surface area contributed by atoms with Crippen LogP contribution in [0.25, 0.3) is 0 Å². The number of furan rings is 1. The van der Waals surface area contributed by atoms with Crippen molar-refractivity contribution in [2.75, 3.05) is 21.2 Å². The Labute approximate surface area is 117 Å². The maximum atomic E-state index is 11.4. The van der Waals surface area contributed by atoms with E-state index in [1.807, 2.05) is 0 Å². The molecular formula is C11H18BrN3O3. The zero-order chi connectivity index (χ0) is 12.8. The molecule has 0 aromatic carbocycles. The second-order valence-electron chi connectivity index (χ2n) is 3.35. The molecular weight excluding hydrogens is 302 g/mol. The van der Waals surface area contributed by atoms with Crippen molar-refractivity contribution in [2.24, 2.45) is 4.99 Å². The van der Waals surface area contributed by atoms with Crippen molar-refractivity contribution in [3.8, 4) is 0 Å². The van der Waals surface area contributed by atoms with Crippen LogP contribution in [0, 0.1) is 6.92 Å². The lowest BCUT2D eigenvalue weighted by molar-refractivity contribution is 0.0599. The highest BCUT2D eigenvalue weighted by Crippen LogP contribution is 2.15. The number of esters is 1. The Bertz CT molecular complexity index is 429. The smallest absolute Gasteiger partial charge is 0.341 e. The highest BCUT2D eigenvalue weighted by Gasteiger charge is 2.15. The fourth-order valence-electron chi connectivity index (χ4n) is 1.39. The van der Waals surface area contributed by atoms with Gasteiger partial charge < -0.3 is 19.8 Å². The van der Waals surface area contributed by atoms with E-state index in [4.69, 9.17) is 4.42 Å². The maximum Gasteiger partial charge on any atom is 0.341 e. The van der Waals surface area contributed by atoms with Gasteiger partial charge in [0.25, 0.3) is 0 Å². The van der Waals surface area contributed by atoms with E-state index in [0.29, 0.717) is 29.6 Å². The fourth-order valence-corrected chi connectivity index (χ4v) is 1.39. The average molecular weight is 320 g/mol. The van der Waals surface area contributed by atoms with E-state index in [2.05, 4.69) is 20.4 Å². The molecule has 2 N–H and O–H groups in total. The first-order valence-corrected chi connectivity index (χ1v) is 5.18. The summed E-state index contributed by atoms with van der Waals surface area (Å²) >= 11 is 0. The number of ether oxygens (including phenoxy) is 1. The van der Waals surface area contributed by atoms with Crippen LogP contribution >= 0.6 is 17.0 Å². The van der Waals surface area contributed by atoms with Gasteiger partial charge in [-0.2, -0.15) is 0 Å². The Morgan fingerprint density at radius 3 is 2.72 bits per heavy atom. The zero-order valence-corrected chi connectivity index (χ0v) is 12.6. The minimum Gasteiger partial charge on any atom is -0.465 e. The van der Waals surface area contributed by atoms with Crippen LogP contribution in [0.3, 0.4) is 0 Å². The van der Waals surface area contributed by atoms with Gasteiger partial charge in [0.2, 0.25) is 0 Å². The molecule has 1 aromatic heterocycles. The molecule has 0 bridgehead atoms. The van der Waals surface area contributed by atoms with Crippen molar-refractivity contribution < 1.29 is 13.9 Å². The molecule has 0 radical (unpaired) electrons. The first-order chi connectivity index (χ1) is 8.12. The number of aryl methyl sites for hydroxylation is 1. The minimum atomic E-state index is -0.393. The van der Waals surface area contributed by atoms with Gasteiger partial charge in [-0.3, -0.25) is 4.99 Å². The lowest BCUT2D eigenvalue weighted by Crippen LogP contribution is -2.33. The van der Waals surface area contributed by atoms with E-state index in [9.17, 15) is 4.79 Å². The van der Waals surface area contributed by atoms with Crippen LogP contribution in [0.15, 0.2) is 15.5 Å². The molecule has 102 valence electrons. The Kier molecular flexibility index (Phi) is 7.11. The Balaban J connectivity index is 0.00000289. The van der Waals surface area contributed by atoms with Gasteiger partial charge in [0.15, 0.2) is 5.96 Å². The maximum absolute atomic E-state index is 11.4. The van der Waals surface area contributed by atoms with E-state index in [1.165, 1.54) is 7.11 Å². The summed E-state index contributed by atoms with van der Waals surface area (Å²) in [6, 6.07) is 1.66. The summed E-state index contributed by atoms with van der Waals surface area (Å²) in [4.78, 5) is 15.3. The number of methoxy groups -OCH3 is 1. The number of nitrogens with one attached hydrogen (secondary N) is 2. The number of halogens is 1. The Morgan fingerprint density at radius 1 is 1.56 bits per heavy atom. The number of carbonyl (C=O) groups is 1. The van der Waals surface area contributed by atoms with Crippen LogP contribution in [0.2, 0.25) is 0 Å². The molecule has 0 saturated heterocycles. The summed E-state index contributed by atoms with van der Waals surface area (Å²) in [5.74, 6) is 1.46. The minimum absolute atomic E-state index is 0. The molecule has 7 heteroatoms. The van der Waals surface area contributed by atoms with E-state index >= 15 is 0 Å². The van der Waals surface area contributed by atoms with E-state index in [-0.39, 0.29) is 17.0 Å². The average Bonchev–Trinajstić information content (AvgIpc) is 2.71. The van der Waals surface area contributed by atoms with Gasteiger partial charge in [-0.15, -0.1) is 17.0 Å². The lowest BCUT2D eigenvalue weighted by atomic mass is 10.2. The van der Waals surface area contributed by atoms with Gasteiger partial charge in [-0.25, -0.2) is 4.79 Å². The third-order valence-corrected chi connectivity index (χ3v) is 2.26. The summed E-state index contributed by atoms with van der Waals surface area (Å²) in [6.07, 6.45) is 0. The van der Waals surface area contributed by atoms with Crippen molar-refractivity contribution in [1.29, 1.82) is 0 Å². The van der Waals surface area contributed by atoms with Crippen molar-refractivity contribution in [2.45, 2.75) is 13.5 Å². The monoisotopic (exact) mass is 319 g/mol. The van der Waals surface area contributed by atoms with Gasteiger partial charge in [0.05, 0.1) is 13.7 Å². The molecule has 0 saturated carbocycles. The number of hydrogen-bond donors (Lipinski definition) is 2. The Hall–Kier alpha value is -1.50. The van der Waals surface area contributed by atoms with Crippen molar-refractivity contribution >= 4 is 28.9 Å². The first-order valence-electron chi connectivity index (χ1n) is 5.18. The summed E-state index contributed by atoms with van der Waals surface area (Å²) in [5, 5.41) is 5.91. The number of guanidine groups is 1. The predicted octanol–water partition coefficient (Wildman–Crippen LogP) is 1.25. The highest BCUT2D eigenvalue weighted by molar-refractivity contribution is 8.93. The van der Waals surface area contributed by atoms with E-state index < -0.39 is 5.97 Å². The molecule has 1 rings (SSSR count). The van der Waals surface area contributed by atoms with Crippen LogP contribution < -0.4 is 10.6 Å². The molecule has 0 spiro atoms. The van der Waals surface area contributed by atoms with Gasteiger partial charge in [0.1, 0.15) is 17.1 Å². The predicted molar refractivity (Wildman–Crippen MR) is 74.4 cm³/mol. The summed E-state index contributed by atoms with van der Waals surface area (Å²) in [7, 11) is 4.78. The molecule has 0 fully saturated rings. The van der Waals surface area contributed by atoms with Gasteiger partial charge in [-0.1, -0.05) is 0 Å². The molecule has 18 heavy (non-hydrogen) atoms. The summed E-state index contributed by atoms with van der Waals surface area (Å²) in [6.45, 7) is 2.17. The highest BCUT2D eigenvalue weighted by atomic mass is 79.9. The van der Waals surface area contributed by atoms with Crippen LogP contribution in [0.1, 0.15) is 21.9 Å². The normalized spacial score (nSPS) is 10.6. The van der Waals surface area contributed by atoms with Gasteiger partial charge in [-0.05, 0) is 13.0 Å². The molecule has 0 aliphatic rings. The summed E-state index contributed by atoms with van der Waals surface area (Å²) in [5.41, 5.74) is 0.448. The Morgan fingerprint density at radius 2 is 2.22 bits per heavy atom. The van der Waals surface area contributed by atoms with Crippen LogP contribution in [0.4, 0.5) is 0 Å². The number of hydrogen-bond acceptors (Lipinski definition) is 4. The van der Waals surface area contributed by atoms with Crippen LogP contribution in [-0.4, -0.2) is 33.1 Å². The quantitative estimate of drug-likeness (QED) is 0.498. The lowest BCUT2D eigenvalue weighted by Gasteiger charge is -2.05. The summed E-state index contributed by atoms with van der Waals surface area (Å²) < 4.78 is 10.1. The zero-order valence-electron chi connectivity index (χ0n) is 10.9. The standard InChI is InChI=1S/C11H17N3O3.BrH/c1-7-9(10(15)16-4)5-8(17-7)6-14-11(12-2)13-3;/h5H,6H2,1-4H3,(H2,12,13,14);1H. The molecule has 6 nitrogen and oxygen atoms in total. The molecule has 1 heterocycles. The number of rotatable bonds is 3. The topological polar surface area (TPSA) is 75.9 Å². The molecule has 0 aliphatic carbocycles. The third kappa shape index (κ3) is 4.06. The second kappa shape index (κ2) is 7.75. The van der Waals surface area contributed by atoms with E-state index in [0.717, 1.165) is 0 Å². The number of aliphatic imine (C=N–C) groups is 1. The number of carbonyl (C=O) groups excluding carboxylic acids is 1. The van der Waals surface area contributed by atoms with Crippen molar-refractivity contribution in [1.82, 2.24) is 10.6 Å². The molecule has 1 aromatic rings. The van der Waals surface area contributed by atoms with E-state index in [1.54, 1.807) is 27.1 Å².